The molecule has 0 N–H and O–H groups in total. The largest absolute Gasteiger partial charge is 0.423 e. The zero-order valence-electron chi connectivity index (χ0n) is 17.4. The van der Waals surface area contributed by atoms with Gasteiger partial charge in [0, 0.05) is 0 Å². The minimum absolute atomic E-state index is 0.412. The maximum atomic E-state index is 12.3. The predicted molar refractivity (Wildman–Crippen MR) is 120 cm³/mol. The zero-order chi connectivity index (χ0) is 21.2. The minimum Gasteiger partial charge on any atom is -0.423 e. The normalized spacial score (nSPS) is 10.4. The van der Waals surface area contributed by atoms with Gasteiger partial charge in [0.15, 0.2) is 0 Å². The summed E-state index contributed by atoms with van der Waals surface area (Å²) in [5.74, 6) is 0.0121. The van der Waals surface area contributed by atoms with Crippen molar-refractivity contribution in [3.05, 3.63) is 89.5 Å². The minimum atomic E-state index is -0.412. The highest BCUT2D eigenvalue weighted by molar-refractivity contribution is 5.91. The third-order valence-electron chi connectivity index (χ3n) is 5.17. The number of unbranched alkanes of at least 4 members (excludes halogenated alkanes) is 4. The number of esters is 1. The molecule has 0 aliphatic rings. The van der Waals surface area contributed by atoms with Gasteiger partial charge in [-0.1, -0.05) is 69.0 Å². The number of carbonyl (C=O) groups is 1. The first-order valence-electron chi connectivity index (χ1n) is 10.6. The van der Waals surface area contributed by atoms with Crippen molar-refractivity contribution in [2.24, 2.45) is 0 Å². The maximum Gasteiger partial charge on any atom is 0.343 e. The average molecular weight is 398 g/mol. The highest BCUT2D eigenvalue weighted by atomic mass is 16.5. The van der Waals surface area contributed by atoms with Gasteiger partial charge in [-0.3, -0.25) is 0 Å². The number of nitrogens with zero attached hydrogens (tertiary/aromatic N) is 1. The van der Waals surface area contributed by atoms with E-state index in [-0.39, 0.29) is 0 Å². The van der Waals surface area contributed by atoms with Gasteiger partial charge in [-0.05, 0) is 65.9 Å². The SMILES string of the molecule is CCCCCCCc1ccc(-c2ccc(C(=O)Oc3ccc(C#N)cc3)cc2)cc1. The smallest absolute Gasteiger partial charge is 0.343 e. The highest BCUT2D eigenvalue weighted by Crippen LogP contribution is 2.22. The van der Waals surface area contributed by atoms with Gasteiger partial charge < -0.3 is 4.74 Å². The van der Waals surface area contributed by atoms with Crippen molar-refractivity contribution in [2.75, 3.05) is 0 Å². The molecule has 0 aromatic heterocycles. The van der Waals surface area contributed by atoms with E-state index in [9.17, 15) is 4.79 Å². The van der Waals surface area contributed by atoms with Crippen molar-refractivity contribution < 1.29 is 9.53 Å². The van der Waals surface area contributed by atoms with Gasteiger partial charge in [0.2, 0.25) is 0 Å². The summed E-state index contributed by atoms with van der Waals surface area (Å²) in [6.07, 6.45) is 7.61. The predicted octanol–water partition coefficient (Wildman–Crippen LogP) is 6.96. The Hall–Kier alpha value is -3.38. The quantitative estimate of drug-likeness (QED) is 0.223. The molecular weight excluding hydrogens is 370 g/mol. The van der Waals surface area contributed by atoms with Crippen molar-refractivity contribution in [1.82, 2.24) is 0 Å². The Labute approximate surface area is 178 Å². The van der Waals surface area contributed by atoms with Gasteiger partial charge in [0.05, 0.1) is 17.2 Å². The molecule has 0 saturated heterocycles. The number of ether oxygens (including phenoxy) is 1. The number of nitriles is 1. The Balaban J connectivity index is 1.56. The van der Waals surface area contributed by atoms with Crippen LogP contribution in [-0.4, -0.2) is 5.97 Å². The lowest BCUT2D eigenvalue weighted by Gasteiger charge is -2.07. The lowest BCUT2D eigenvalue weighted by atomic mass is 10.00. The Kier molecular flexibility index (Phi) is 7.80. The van der Waals surface area contributed by atoms with Crippen molar-refractivity contribution in [3.63, 3.8) is 0 Å². The number of hydrogen-bond donors (Lipinski definition) is 0. The van der Waals surface area contributed by atoms with E-state index >= 15 is 0 Å². The van der Waals surface area contributed by atoms with E-state index in [4.69, 9.17) is 10.00 Å². The van der Waals surface area contributed by atoms with Gasteiger partial charge in [0.1, 0.15) is 5.75 Å². The summed E-state index contributed by atoms with van der Waals surface area (Å²) in [5, 5.41) is 8.83. The summed E-state index contributed by atoms with van der Waals surface area (Å²) in [5.41, 5.74) is 4.60. The van der Waals surface area contributed by atoms with E-state index in [0.29, 0.717) is 16.9 Å². The first-order chi connectivity index (χ1) is 14.7. The van der Waals surface area contributed by atoms with Crippen LogP contribution >= 0.6 is 0 Å². The first-order valence-corrected chi connectivity index (χ1v) is 10.6. The van der Waals surface area contributed by atoms with E-state index in [0.717, 1.165) is 17.5 Å². The van der Waals surface area contributed by atoms with Gasteiger partial charge in [-0.2, -0.15) is 5.26 Å². The van der Waals surface area contributed by atoms with E-state index in [1.54, 1.807) is 36.4 Å². The summed E-state index contributed by atoms with van der Waals surface area (Å²) in [4.78, 5) is 12.3. The maximum absolute atomic E-state index is 12.3. The standard InChI is InChI=1S/C27H27NO2/c1-2-3-4-5-6-7-21-8-12-23(13-9-21)24-14-16-25(17-15-24)27(29)30-26-18-10-22(20-28)11-19-26/h8-19H,2-7H2,1H3. The Morgan fingerprint density at radius 2 is 1.40 bits per heavy atom. The molecule has 3 rings (SSSR count). The second-order valence-corrected chi connectivity index (χ2v) is 7.46. The van der Waals surface area contributed by atoms with Crippen LogP contribution in [0.2, 0.25) is 0 Å². The van der Waals surface area contributed by atoms with E-state index in [1.807, 2.05) is 18.2 Å². The molecule has 0 radical (unpaired) electrons. The molecule has 3 aromatic rings. The molecule has 3 nitrogen and oxygen atoms in total. The lowest BCUT2D eigenvalue weighted by Crippen LogP contribution is -2.08. The van der Waals surface area contributed by atoms with Crippen LogP contribution in [0.25, 0.3) is 11.1 Å². The summed E-state index contributed by atoms with van der Waals surface area (Å²) >= 11 is 0. The van der Waals surface area contributed by atoms with Crippen molar-refractivity contribution >= 4 is 5.97 Å². The fraction of sp³-hybridized carbons (Fsp3) is 0.259. The van der Waals surface area contributed by atoms with Gasteiger partial charge in [-0.25, -0.2) is 4.79 Å². The van der Waals surface area contributed by atoms with E-state index in [2.05, 4.69) is 31.2 Å². The molecule has 0 amide bonds. The van der Waals surface area contributed by atoms with Crippen LogP contribution in [0.3, 0.4) is 0 Å². The summed E-state index contributed by atoms with van der Waals surface area (Å²) in [6.45, 7) is 2.24. The van der Waals surface area contributed by atoms with Crippen LogP contribution < -0.4 is 4.74 Å². The molecule has 0 atom stereocenters. The zero-order valence-corrected chi connectivity index (χ0v) is 17.4. The molecule has 0 aliphatic carbocycles. The molecule has 0 heterocycles. The number of carbonyl (C=O) groups excluding carboxylic acids is 1. The van der Waals surface area contributed by atoms with Crippen LogP contribution in [0.5, 0.6) is 5.75 Å². The lowest BCUT2D eigenvalue weighted by molar-refractivity contribution is 0.0735. The number of rotatable bonds is 9. The topological polar surface area (TPSA) is 50.1 Å². The second kappa shape index (κ2) is 11.0. The molecule has 152 valence electrons. The molecular formula is C27H27NO2. The molecule has 0 saturated carbocycles. The summed E-state index contributed by atoms with van der Waals surface area (Å²) in [6, 6.07) is 24.7. The Morgan fingerprint density at radius 3 is 2.00 bits per heavy atom. The molecule has 3 heteroatoms. The Morgan fingerprint density at radius 1 is 0.800 bits per heavy atom. The van der Waals surface area contributed by atoms with Crippen molar-refractivity contribution in [2.45, 2.75) is 45.4 Å². The number of hydrogen-bond acceptors (Lipinski definition) is 3. The molecule has 0 spiro atoms. The van der Waals surface area contributed by atoms with Gasteiger partial charge in [-0.15, -0.1) is 0 Å². The van der Waals surface area contributed by atoms with Crippen LogP contribution in [0.4, 0.5) is 0 Å². The van der Waals surface area contributed by atoms with Gasteiger partial charge >= 0.3 is 5.97 Å². The average Bonchev–Trinajstić information content (AvgIpc) is 2.80. The summed E-state index contributed by atoms with van der Waals surface area (Å²) < 4.78 is 5.37. The molecule has 0 unspecified atom stereocenters. The van der Waals surface area contributed by atoms with Crippen molar-refractivity contribution in [3.8, 4) is 22.9 Å². The van der Waals surface area contributed by atoms with Crippen LogP contribution in [0.1, 0.15) is 60.5 Å². The van der Waals surface area contributed by atoms with E-state index in [1.165, 1.54) is 37.7 Å². The van der Waals surface area contributed by atoms with Crippen LogP contribution in [0.15, 0.2) is 72.8 Å². The molecule has 0 bridgehead atoms. The number of benzene rings is 3. The molecule has 30 heavy (non-hydrogen) atoms. The summed E-state index contributed by atoms with van der Waals surface area (Å²) in [7, 11) is 0. The Bertz CT molecular complexity index is 981. The fourth-order valence-electron chi connectivity index (χ4n) is 3.36. The third-order valence-corrected chi connectivity index (χ3v) is 5.17. The molecule has 0 aliphatic heterocycles. The molecule has 0 fully saturated rings. The molecule has 3 aromatic carbocycles. The van der Waals surface area contributed by atoms with Crippen molar-refractivity contribution in [1.29, 1.82) is 5.26 Å². The monoisotopic (exact) mass is 397 g/mol. The fourth-order valence-corrected chi connectivity index (χ4v) is 3.36. The van der Waals surface area contributed by atoms with Crippen LogP contribution in [0, 0.1) is 11.3 Å². The van der Waals surface area contributed by atoms with Gasteiger partial charge in [0.25, 0.3) is 0 Å². The third kappa shape index (κ3) is 6.06. The first kappa shape index (κ1) is 21.3. The highest BCUT2D eigenvalue weighted by Gasteiger charge is 2.09. The number of aryl methyl sites for hydroxylation is 1. The van der Waals surface area contributed by atoms with Crippen LogP contribution in [-0.2, 0) is 6.42 Å². The van der Waals surface area contributed by atoms with E-state index < -0.39 is 5.97 Å². The second-order valence-electron chi connectivity index (χ2n) is 7.46.